The zero-order valence-corrected chi connectivity index (χ0v) is 13.2. The summed E-state index contributed by atoms with van der Waals surface area (Å²) >= 11 is 0. The van der Waals surface area contributed by atoms with Gasteiger partial charge in [-0.2, -0.15) is 5.10 Å². The van der Waals surface area contributed by atoms with E-state index in [2.05, 4.69) is 31.2 Å². The molecule has 1 atom stereocenters. The van der Waals surface area contributed by atoms with Gasteiger partial charge in [0.05, 0.1) is 5.54 Å². The van der Waals surface area contributed by atoms with Gasteiger partial charge >= 0.3 is 0 Å². The first kappa shape index (κ1) is 15.0. The van der Waals surface area contributed by atoms with Crippen LogP contribution in [0.2, 0.25) is 0 Å². The molecule has 1 aliphatic rings. The molecule has 0 saturated carbocycles. The highest BCUT2D eigenvalue weighted by atomic mass is 16.2. The first-order chi connectivity index (χ1) is 9.34. The third-order valence-corrected chi connectivity index (χ3v) is 3.82. The number of carbonyl (C=O) groups is 1. The van der Waals surface area contributed by atoms with Crippen LogP contribution in [0.3, 0.4) is 0 Å². The summed E-state index contributed by atoms with van der Waals surface area (Å²) < 4.78 is 1.93. The number of rotatable bonds is 3. The van der Waals surface area contributed by atoms with Gasteiger partial charge < -0.3 is 10.2 Å². The average Bonchev–Trinajstić information content (AvgIpc) is 2.94. The van der Waals surface area contributed by atoms with E-state index in [0.717, 1.165) is 31.6 Å². The molecular weight excluding hydrogens is 252 g/mol. The van der Waals surface area contributed by atoms with Crippen molar-refractivity contribution in [1.29, 1.82) is 0 Å². The quantitative estimate of drug-likeness (QED) is 0.917. The van der Waals surface area contributed by atoms with Crippen molar-refractivity contribution in [2.24, 2.45) is 0 Å². The maximum absolute atomic E-state index is 12.6. The van der Waals surface area contributed by atoms with E-state index in [1.165, 1.54) is 0 Å². The third-order valence-electron chi connectivity index (χ3n) is 3.82. The van der Waals surface area contributed by atoms with Crippen LogP contribution in [-0.2, 0) is 5.54 Å². The van der Waals surface area contributed by atoms with Crippen LogP contribution in [-0.4, -0.2) is 46.8 Å². The summed E-state index contributed by atoms with van der Waals surface area (Å²) in [4.78, 5) is 14.6. The molecule has 112 valence electrons. The number of likely N-dealkylation sites (tertiary alicyclic amines) is 1. The molecule has 1 N–H and O–H groups in total. The summed E-state index contributed by atoms with van der Waals surface area (Å²) in [5.41, 5.74) is 1.50. The van der Waals surface area contributed by atoms with Gasteiger partial charge in [0.25, 0.3) is 5.91 Å². The summed E-state index contributed by atoms with van der Waals surface area (Å²) in [6.07, 6.45) is 2.16. The highest BCUT2D eigenvalue weighted by Gasteiger charge is 2.31. The maximum atomic E-state index is 12.6. The molecule has 0 unspecified atom stereocenters. The lowest BCUT2D eigenvalue weighted by Gasteiger charge is -2.24. The van der Waals surface area contributed by atoms with Gasteiger partial charge in [-0.25, -0.2) is 0 Å². The SMILES string of the molecule is CNC[C@@H]1CCCN1C(=O)c1cc(C)n(C(C)(C)C)n1. The molecule has 20 heavy (non-hydrogen) atoms. The summed E-state index contributed by atoms with van der Waals surface area (Å²) in [7, 11) is 1.93. The molecule has 0 spiro atoms. The molecule has 0 aromatic carbocycles. The van der Waals surface area contributed by atoms with E-state index >= 15 is 0 Å². The molecule has 5 nitrogen and oxygen atoms in total. The Morgan fingerprint density at radius 3 is 2.75 bits per heavy atom. The zero-order chi connectivity index (χ0) is 14.9. The number of nitrogens with one attached hydrogen (secondary N) is 1. The molecule has 1 aromatic rings. The number of aromatic nitrogens is 2. The van der Waals surface area contributed by atoms with E-state index in [1.54, 1.807) is 0 Å². The Morgan fingerprint density at radius 1 is 1.50 bits per heavy atom. The van der Waals surface area contributed by atoms with E-state index in [-0.39, 0.29) is 11.4 Å². The Morgan fingerprint density at radius 2 is 2.20 bits per heavy atom. The number of likely N-dealkylation sites (N-methyl/N-ethyl adjacent to an activating group) is 1. The third kappa shape index (κ3) is 2.87. The molecule has 5 heteroatoms. The van der Waals surface area contributed by atoms with Crippen molar-refractivity contribution in [2.75, 3.05) is 20.1 Å². The number of nitrogens with zero attached hydrogens (tertiary/aromatic N) is 3. The van der Waals surface area contributed by atoms with Crippen LogP contribution in [0.1, 0.15) is 49.8 Å². The fraction of sp³-hybridized carbons (Fsp3) is 0.733. The first-order valence-corrected chi connectivity index (χ1v) is 7.37. The topological polar surface area (TPSA) is 50.2 Å². The Hall–Kier alpha value is -1.36. The highest BCUT2D eigenvalue weighted by molar-refractivity contribution is 5.92. The predicted molar refractivity (Wildman–Crippen MR) is 79.9 cm³/mol. The lowest BCUT2D eigenvalue weighted by Crippen LogP contribution is -2.41. The van der Waals surface area contributed by atoms with Crippen LogP contribution >= 0.6 is 0 Å². The second kappa shape index (κ2) is 5.56. The van der Waals surface area contributed by atoms with E-state index in [1.807, 2.05) is 29.6 Å². The van der Waals surface area contributed by atoms with Crippen LogP contribution in [0.25, 0.3) is 0 Å². The van der Waals surface area contributed by atoms with Gasteiger partial charge in [0, 0.05) is 24.8 Å². The van der Waals surface area contributed by atoms with Crippen LogP contribution in [0.5, 0.6) is 0 Å². The van der Waals surface area contributed by atoms with Crippen molar-refractivity contribution >= 4 is 5.91 Å². The van der Waals surface area contributed by atoms with Crippen molar-refractivity contribution in [1.82, 2.24) is 20.0 Å². The monoisotopic (exact) mass is 278 g/mol. The second-order valence-electron chi connectivity index (χ2n) is 6.61. The molecule has 0 aliphatic carbocycles. The largest absolute Gasteiger partial charge is 0.333 e. The molecule has 1 amide bonds. The molecule has 1 saturated heterocycles. The second-order valence-corrected chi connectivity index (χ2v) is 6.61. The van der Waals surface area contributed by atoms with Crippen molar-refractivity contribution in [3.63, 3.8) is 0 Å². The first-order valence-electron chi connectivity index (χ1n) is 7.37. The fourth-order valence-electron chi connectivity index (χ4n) is 2.96. The minimum Gasteiger partial charge on any atom is -0.333 e. The van der Waals surface area contributed by atoms with Gasteiger partial charge in [0.15, 0.2) is 5.69 Å². The average molecular weight is 278 g/mol. The van der Waals surface area contributed by atoms with Gasteiger partial charge in [0.2, 0.25) is 0 Å². The minimum atomic E-state index is -0.0992. The van der Waals surface area contributed by atoms with Gasteiger partial charge in [-0.15, -0.1) is 0 Å². The normalized spacial score (nSPS) is 19.6. The van der Waals surface area contributed by atoms with Crippen LogP contribution < -0.4 is 5.32 Å². The Labute approximate surface area is 121 Å². The summed E-state index contributed by atoms with van der Waals surface area (Å²) in [5.74, 6) is 0.0638. The smallest absolute Gasteiger partial charge is 0.274 e. The molecule has 0 radical (unpaired) electrons. The van der Waals surface area contributed by atoms with Crippen LogP contribution in [0.4, 0.5) is 0 Å². The van der Waals surface area contributed by atoms with Gasteiger partial charge in [0.1, 0.15) is 0 Å². The maximum Gasteiger partial charge on any atom is 0.274 e. The van der Waals surface area contributed by atoms with Gasteiger partial charge in [-0.1, -0.05) is 0 Å². The Bertz CT molecular complexity index is 487. The lowest BCUT2D eigenvalue weighted by atomic mass is 10.1. The fourth-order valence-corrected chi connectivity index (χ4v) is 2.96. The predicted octanol–water partition coefficient (Wildman–Crippen LogP) is 1.77. The van der Waals surface area contributed by atoms with E-state index in [0.29, 0.717) is 11.7 Å². The summed E-state index contributed by atoms with van der Waals surface area (Å²) in [5, 5.41) is 7.69. The number of hydrogen-bond acceptors (Lipinski definition) is 3. The molecule has 2 heterocycles. The van der Waals surface area contributed by atoms with Crippen molar-refractivity contribution < 1.29 is 4.79 Å². The minimum absolute atomic E-state index is 0.0638. The molecule has 2 rings (SSSR count). The summed E-state index contributed by atoms with van der Waals surface area (Å²) in [6.45, 7) is 9.99. The lowest BCUT2D eigenvalue weighted by molar-refractivity contribution is 0.0729. The van der Waals surface area contributed by atoms with E-state index < -0.39 is 0 Å². The van der Waals surface area contributed by atoms with Gasteiger partial charge in [-0.05, 0) is 53.7 Å². The standard InChI is InChI=1S/C15H26N4O/c1-11-9-13(17-19(11)15(2,3)4)14(20)18-8-6-7-12(18)10-16-5/h9,12,16H,6-8,10H2,1-5H3/t12-/m0/s1. The zero-order valence-electron chi connectivity index (χ0n) is 13.2. The number of aryl methyl sites for hydroxylation is 1. The van der Waals surface area contributed by atoms with E-state index in [9.17, 15) is 4.79 Å². The Kier molecular flexibility index (Phi) is 4.18. The van der Waals surface area contributed by atoms with Crippen LogP contribution in [0, 0.1) is 6.92 Å². The van der Waals surface area contributed by atoms with Crippen LogP contribution in [0.15, 0.2) is 6.07 Å². The van der Waals surface area contributed by atoms with E-state index in [4.69, 9.17) is 0 Å². The van der Waals surface area contributed by atoms with Crippen molar-refractivity contribution in [3.8, 4) is 0 Å². The van der Waals surface area contributed by atoms with Gasteiger partial charge in [-0.3, -0.25) is 9.48 Å². The molecule has 1 aromatic heterocycles. The molecule has 1 aliphatic heterocycles. The molecule has 1 fully saturated rings. The van der Waals surface area contributed by atoms with Crippen molar-refractivity contribution in [2.45, 2.75) is 52.1 Å². The number of carbonyl (C=O) groups excluding carboxylic acids is 1. The highest BCUT2D eigenvalue weighted by Crippen LogP contribution is 2.22. The Balaban J connectivity index is 2.21. The van der Waals surface area contributed by atoms with Crippen molar-refractivity contribution in [3.05, 3.63) is 17.5 Å². The number of hydrogen-bond donors (Lipinski definition) is 1. The molecule has 0 bridgehead atoms. The molecular formula is C15H26N4O. The summed E-state index contributed by atoms with van der Waals surface area (Å²) in [6, 6.07) is 2.20. The number of amides is 1.